The lowest BCUT2D eigenvalue weighted by molar-refractivity contribution is 0.0996. The first-order chi connectivity index (χ1) is 23.6. The molecule has 0 spiro atoms. The molecule has 0 aliphatic carbocycles. The van der Waals surface area contributed by atoms with Gasteiger partial charge in [0.15, 0.2) is 23.0 Å². The topological polar surface area (TPSA) is 128 Å². The lowest BCUT2D eigenvalue weighted by Crippen LogP contribution is -2.13. The van der Waals surface area contributed by atoms with Crippen LogP contribution < -0.4 is 5.73 Å². The van der Waals surface area contributed by atoms with Crippen molar-refractivity contribution < 1.29 is 4.79 Å². The first kappa shape index (κ1) is 36.7. The zero-order valence-electron chi connectivity index (χ0n) is 27.0. The number of benzene rings is 2. The van der Waals surface area contributed by atoms with E-state index in [0.717, 1.165) is 33.4 Å². The highest BCUT2D eigenvalue weighted by atomic mass is 35.5. The van der Waals surface area contributed by atoms with E-state index in [-0.39, 0.29) is 13.1 Å². The molecule has 0 radical (unpaired) electrons. The first-order valence-corrected chi connectivity index (χ1v) is 15.5. The number of rotatable bonds is 3. The van der Waals surface area contributed by atoms with Crippen LogP contribution >= 0.6 is 23.2 Å². The van der Waals surface area contributed by atoms with Gasteiger partial charge in [0.2, 0.25) is 0 Å². The Morgan fingerprint density at radius 2 is 1.20 bits per heavy atom. The number of pyridine rings is 2. The Labute approximate surface area is 301 Å². The van der Waals surface area contributed by atoms with E-state index in [1.54, 1.807) is 42.5 Å². The lowest BCUT2D eigenvalue weighted by Gasteiger charge is -2.04. The van der Waals surface area contributed by atoms with E-state index in [0.29, 0.717) is 38.8 Å². The molecule has 11 heteroatoms. The van der Waals surface area contributed by atoms with Crippen LogP contribution in [0.5, 0.6) is 0 Å². The van der Waals surface area contributed by atoms with Crippen LogP contribution in [0.4, 0.5) is 0 Å². The largest absolute Gasteiger partial charge is 0.364 e. The second-order valence-electron chi connectivity index (χ2n) is 10.7. The van der Waals surface area contributed by atoms with Crippen molar-refractivity contribution in [3.05, 3.63) is 141 Å². The smallest absolute Gasteiger partial charge is 0.269 e. The summed E-state index contributed by atoms with van der Waals surface area (Å²) in [4.78, 5) is 28.6. The van der Waals surface area contributed by atoms with Crippen molar-refractivity contribution in [1.82, 2.24) is 29.1 Å². The second-order valence-corrected chi connectivity index (χ2v) is 11.5. The molecule has 0 aliphatic rings. The molecule has 0 fully saturated rings. The Morgan fingerprint density at radius 3 is 1.66 bits per heavy atom. The molecular formula is C39H32Cl2N8O. The van der Waals surface area contributed by atoms with E-state index in [1.165, 1.54) is 0 Å². The highest BCUT2D eigenvalue weighted by molar-refractivity contribution is 6.31. The summed E-state index contributed by atoms with van der Waals surface area (Å²) in [5.41, 5.74) is 12.3. The molecule has 4 aromatic heterocycles. The maximum absolute atomic E-state index is 11.8. The number of carbonyl (C=O) groups excluding carboxylic acids is 1. The Kier molecular flexibility index (Phi) is 11.9. The summed E-state index contributed by atoms with van der Waals surface area (Å²) in [6, 6.07) is 20.6. The highest BCUT2D eigenvalue weighted by Gasteiger charge is 2.20. The SMILES string of the molecule is C.Cc1c(Cl)cccc1C#Cc1nc(C#N)c(-c2cccnc2)n1C.Cc1c(Cl)cccc1C#Cc1nc(C(N)=O)c(-c2cccnc2)n1C. The Morgan fingerprint density at radius 1 is 0.720 bits per heavy atom. The quantitative estimate of drug-likeness (QED) is 0.193. The van der Waals surface area contributed by atoms with Gasteiger partial charge in [0.25, 0.3) is 5.91 Å². The van der Waals surface area contributed by atoms with Crippen molar-refractivity contribution in [2.45, 2.75) is 21.3 Å². The zero-order valence-corrected chi connectivity index (χ0v) is 28.5. The fourth-order valence-corrected chi connectivity index (χ4v) is 5.22. The van der Waals surface area contributed by atoms with Gasteiger partial charge in [0, 0.05) is 71.2 Å². The Bertz CT molecular complexity index is 2350. The van der Waals surface area contributed by atoms with Crippen LogP contribution in [0, 0.1) is 48.9 Å². The summed E-state index contributed by atoms with van der Waals surface area (Å²) in [7, 11) is 3.63. The van der Waals surface area contributed by atoms with Gasteiger partial charge in [0.1, 0.15) is 6.07 Å². The van der Waals surface area contributed by atoms with Crippen LogP contribution in [0.15, 0.2) is 85.5 Å². The molecule has 1 amide bonds. The van der Waals surface area contributed by atoms with Gasteiger partial charge in [-0.15, -0.1) is 0 Å². The van der Waals surface area contributed by atoms with Gasteiger partial charge in [-0.3, -0.25) is 14.8 Å². The summed E-state index contributed by atoms with van der Waals surface area (Å²) in [5, 5.41) is 10.7. The third kappa shape index (κ3) is 7.92. The number of primary amides is 1. The molecule has 0 bridgehead atoms. The van der Waals surface area contributed by atoms with Crippen LogP contribution in [-0.2, 0) is 14.1 Å². The lowest BCUT2D eigenvalue weighted by atomic mass is 10.1. The molecule has 0 saturated carbocycles. The van der Waals surface area contributed by atoms with Gasteiger partial charge in [-0.2, -0.15) is 5.26 Å². The van der Waals surface area contributed by atoms with Gasteiger partial charge in [-0.1, -0.05) is 54.6 Å². The van der Waals surface area contributed by atoms with E-state index in [2.05, 4.69) is 49.7 Å². The standard InChI is InChI=1S/C19H15ClN4O.C19H13ClN4.CH4/c1-12-13(5-3-7-15(12)20)8-9-16-23-17(19(21)25)18(24(16)2)14-6-4-10-22-11-14;1-13-14(5-3-7-16(13)20)8-9-18-23-17(11-21)19(24(18)2)15-6-4-10-22-12-15;/h3-7,10-11H,1-2H3,(H2,21,25);3-7,10,12H,1-2H3;1H4. The summed E-state index contributed by atoms with van der Waals surface area (Å²) in [6.45, 7) is 3.83. The number of nitrogens with two attached hydrogens (primary N) is 1. The van der Waals surface area contributed by atoms with Crippen molar-refractivity contribution in [2.24, 2.45) is 19.8 Å². The van der Waals surface area contributed by atoms with Gasteiger partial charge in [-0.25, -0.2) is 9.97 Å². The number of aromatic nitrogens is 6. The van der Waals surface area contributed by atoms with Crippen molar-refractivity contribution in [2.75, 3.05) is 0 Å². The molecule has 9 nitrogen and oxygen atoms in total. The van der Waals surface area contributed by atoms with Crippen molar-refractivity contribution >= 4 is 29.1 Å². The summed E-state index contributed by atoms with van der Waals surface area (Å²) >= 11 is 12.2. The molecule has 0 unspecified atom stereocenters. The van der Waals surface area contributed by atoms with Crippen molar-refractivity contribution in [3.63, 3.8) is 0 Å². The number of halogens is 2. The summed E-state index contributed by atoms with van der Waals surface area (Å²) in [6.07, 6.45) is 6.71. The molecule has 6 rings (SSSR count). The Balaban J connectivity index is 0.000000220. The first-order valence-electron chi connectivity index (χ1n) is 14.8. The highest BCUT2D eigenvalue weighted by Crippen LogP contribution is 2.25. The molecule has 4 heterocycles. The third-order valence-electron chi connectivity index (χ3n) is 7.55. The predicted octanol–water partition coefficient (Wildman–Crippen LogP) is 7.29. The van der Waals surface area contributed by atoms with Crippen LogP contribution in [0.25, 0.3) is 22.5 Å². The fraction of sp³-hybridized carbons (Fsp3) is 0.128. The number of hydrogen-bond donors (Lipinski definition) is 1. The van der Waals surface area contributed by atoms with E-state index in [1.807, 2.05) is 80.1 Å². The van der Waals surface area contributed by atoms with Crippen LogP contribution in [-0.4, -0.2) is 35.0 Å². The molecule has 248 valence electrons. The maximum atomic E-state index is 11.8. The number of nitrogens with zero attached hydrogens (tertiary/aromatic N) is 7. The molecular weight excluding hydrogens is 667 g/mol. The average molecular weight is 700 g/mol. The number of amides is 1. The monoisotopic (exact) mass is 698 g/mol. The Hall–Kier alpha value is -6.18. The van der Waals surface area contributed by atoms with E-state index < -0.39 is 5.91 Å². The molecule has 0 atom stereocenters. The summed E-state index contributed by atoms with van der Waals surface area (Å²) < 4.78 is 3.55. The zero-order chi connectivity index (χ0) is 35.1. The minimum atomic E-state index is -0.610. The molecule has 6 aromatic rings. The molecule has 2 aromatic carbocycles. The molecule has 2 N–H and O–H groups in total. The van der Waals surface area contributed by atoms with Gasteiger partial charge >= 0.3 is 0 Å². The van der Waals surface area contributed by atoms with Gasteiger partial charge < -0.3 is 14.9 Å². The number of imidazole rings is 2. The number of hydrogen-bond acceptors (Lipinski definition) is 6. The minimum Gasteiger partial charge on any atom is -0.364 e. The number of carbonyl (C=O) groups is 1. The predicted molar refractivity (Wildman–Crippen MR) is 197 cm³/mol. The number of nitriles is 1. The maximum Gasteiger partial charge on any atom is 0.269 e. The van der Waals surface area contributed by atoms with Crippen LogP contribution in [0.1, 0.15) is 57.5 Å². The summed E-state index contributed by atoms with van der Waals surface area (Å²) in [5.74, 6) is 12.5. The van der Waals surface area contributed by atoms with Crippen molar-refractivity contribution in [3.8, 4) is 52.3 Å². The molecule has 50 heavy (non-hydrogen) atoms. The van der Waals surface area contributed by atoms with Gasteiger partial charge in [0.05, 0.1) is 11.4 Å². The van der Waals surface area contributed by atoms with E-state index >= 15 is 0 Å². The van der Waals surface area contributed by atoms with Gasteiger partial charge in [-0.05, 0) is 85.3 Å². The average Bonchev–Trinajstić information content (AvgIpc) is 3.62. The van der Waals surface area contributed by atoms with E-state index in [9.17, 15) is 10.1 Å². The molecule has 0 saturated heterocycles. The third-order valence-corrected chi connectivity index (χ3v) is 8.37. The van der Waals surface area contributed by atoms with E-state index in [4.69, 9.17) is 28.9 Å². The second kappa shape index (κ2) is 16.3. The normalized spacial score (nSPS) is 9.86. The van der Waals surface area contributed by atoms with Crippen molar-refractivity contribution in [1.29, 1.82) is 5.26 Å². The van der Waals surface area contributed by atoms with Crippen LogP contribution in [0.3, 0.4) is 0 Å². The minimum absolute atomic E-state index is 0. The van der Waals surface area contributed by atoms with Crippen LogP contribution in [0.2, 0.25) is 10.0 Å². The molecule has 0 aliphatic heterocycles. The fourth-order valence-electron chi connectivity index (χ4n) is 4.87.